The number of aliphatic hydroxyl groups is 1. The highest BCUT2D eigenvalue weighted by Gasteiger charge is 2.47. The Morgan fingerprint density at radius 2 is 1.69 bits per heavy atom. The molecule has 8 heteroatoms. The van der Waals surface area contributed by atoms with E-state index in [1.165, 1.54) is 0 Å². The molecule has 1 atom stereocenters. The van der Waals surface area contributed by atoms with Gasteiger partial charge in [-0.05, 0) is 74.4 Å². The molecule has 1 aliphatic rings. The molecule has 1 aliphatic heterocycles. The minimum Gasteiger partial charge on any atom is -0.507 e. The van der Waals surface area contributed by atoms with Crippen molar-refractivity contribution in [1.29, 1.82) is 0 Å². The second kappa shape index (κ2) is 9.53. The molecule has 0 spiro atoms. The van der Waals surface area contributed by atoms with Gasteiger partial charge in [-0.3, -0.25) is 14.5 Å². The number of carbonyl (C=O) groups is 2. The van der Waals surface area contributed by atoms with E-state index in [0.717, 1.165) is 40.3 Å². The van der Waals surface area contributed by atoms with E-state index < -0.39 is 29.5 Å². The highest BCUT2D eigenvalue weighted by Crippen LogP contribution is 2.43. The first-order valence-electron chi connectivity index (χ1n) is 11.3. The normalized spacial score (nSPS) is 17.5. The van der Waals surface area contributed by atoms with Crippen LogP contribution in [0.4, 0.5) is 18.9 Å². The van der Waals surface area contributed by atoms with Gasteiger partial charge in [0.05, 0.1) is 23.8 Å². The molecule has 0 saturated carbocycles. The van der Waals surface area contributed by atoms with Crippen LogP contribution in [-0.4, -0.2) is 23.4 Å². The predicted molar refractivity (Wildman–Crippen MR) is 130 cm³/mol. The molecule has 0 bridgehead atoms. The van der Waals surface area contributed by atoms with Crippen LogP contribution in [0.25, 0.3) is 5.76 Å². The lowest BCUT2D eigenvalue weighted by atomic mass is 9.93. The van der Waals surface area contributed by atoms with Crippen LogP contribution in [0.15, 0.2) is 72.3 Å². The molecule has 1 N–H and O–H groups in total. The van der Waals surface area contributed by atoms with Gasteiger partial charge < -0.3 is 9.84 Å². The first-order valence-corrected chi connectivity index (χ1v) is 11.3. The maximum atomic E-state index is 13.2. The quantitative estimate of drug-likeness (QED) is 0.255. The molecule has 4 rings (SSSR count). The third-order valence-electron chi connectivity index (χ3n) is 6.02. The van der Waals surface area contributed by atoms with Gasteiger partial charge in [0.25, 0.3) is 11.7 Å². The minimum atomic E-state index is -4.55. The summed E-state index contributed by atoms with van der Waals surface area (Å²) in [7, 11) is 0. The first-order chi connectivity index (χ1) is 17.0. The molecule has 0 aliphatic carbocycles. The number of Topliss-reactive ketones (excluding diaryl/α,β-unsaturated/α-hetero) is 1. The van der Waals surface area contributed by atoms with Crippen LogP contribution in [0.1, 0.15) is 40.8 Å². The molecule has 3 aromatic carbocycles. The average molecular weight is 495 g/mol. The standard InChI is InChI=1S/C28H24F3NO4/c1-4-36-22-13-8-19(15-17(22)3)25(33)23-24(18-7-5-6-16(2)14-18)32(27(35)26(23)34)21-11-9-20(10-12-21)28(29,30)31/h5-15,24,33H,4H2,1-3H3/b25-23-. The molecule has 0 aromatic heterocycles. The highest BCUT2D eigenvalue weighted by molar-refractivity contribution is 6.51. The van der Waals surface area contributed by atoms with Gasteiger partial charge in [0.15, 0.2) is 0 Å². The summed E-state index contributed by atoms with van der Waals surface area (Å²) in [4.78, 5) is 27.6. The van der Waals surface area contributed by atoms with Crippen LogP contribution >= 0.6 is 0 Å². The van der Waals surface area contributed by atoms with E-state index in [-0.39, 0.29) is 17.0 Å². The lowest BCUT2D eigenvalue weighted by Crippen LogP contribution is -2.29. The number of aliphatic hydroxyl groups excluding tert-OH is 1. The summed E-state index contributed by atoms with van der Waals surface area (Å²) >= 11 is 0. The lowest BCUT2D eigenvalue weighted by molar-refractivity contribution is -0.137. The summed E-state index contributed by atoms with van der Waals surface area (Å²) in [6.07, 6.45) is -4.55. The molecule has 1 unspecified atom stereocenters. The van der Waals surface area contributed by atoms with Gasteiger partial charge >= 0.3 is 6.18 Å². The fraction of sp³-hybridized carbons (Fsp3) is 0.214. The van der Waals surface area contributed by atoms with Crippen molar-refractivity contribution in [3.8, 4) is 5.75 Å². The zero-order chi connectivity index (χ0) is 26.2. The number of benzene rings is 3. The number of halogens is 3. The summed E-state index contributed by atoms with van der Waals surface area (Å²) in [5.74, 6) is -1.62. The number of nitrogens with zero attached hydrogens (tertiary/aromatic N) is 1. The Kier molecular flexibility index (Phi) is 6.63. The van der Waals surface area contributed by atoms with Gasteiger partial charge in [0.2, 0.25) is 0 Å². The van der Waals surface area contributed by atoms with E-state index in [9.17, 15) is 27.9 Å². The lowest BCUT2D eigenvalue weighted by Gasteiger charge is -2.26. The Bertz CT molecular complexity index is 1360. The molecule has 1 saturated heterocycles. The Morgan fingerprint density at radius 3 is 2.28 bits per heavy atom. The summed E-state index contributed by atoms with van der Waals surface area (Å²) in [5.41, 5.74) is 1.53. The Balaban J connectivity index is 1.89. The van der Waals surface area contributed by atoms with Crippen LogP contribution in [0.5, 0.6) is 5.75 Å². The monoisotopic (exact) mass is 495 g/mol. The molecule has 1 fully saturated rings. The maximum Gasteiger partial charge on any atom is 0.416 e. The number of amides is 1. The average Bonchev–Trinajstić information content (AvgIpc) is 3.10. The van der Waals surface area contributed by atoms with E-state index in [0.29, 0.717) is 23.5 Å². The number of hydrogen-bond acceptors (Lipinski definition) is 4. The second-order valence-corrected chi connectivity index (χ2v) is 8.54. The van der Waals surface area contributed by atoms with Crippen molar-refractivity contribution in [2.75, 3.05) is 11.5 Å². The van der Waals surface area contributed by atoms with Crippen LogP contribution in [0, 0.1) is 13.8 Å². The summed E-state index contributed by atoms with van der Waals surface area (Å²) < 4.78 is 44.8. The largest absolute Gasteiger partial charge is 0.507 e. The first kappa shape index (κ1) is 25.0. The van der Waals surface area contributed by atoms with Crippen molar-refractivity contribution in [3.63, 3.8) is 0 Å². The number of aryl methyl sites for hydroxylation is 2. The van der Waals surface area contributed by atoms with Crippen LogP contribution in [-0.2, 0) is 15.8 Å². The van der Waals surface area contributed by atoms with E-state index >= 15 is 0 Å². The molecule has 0 radical (unpaired) electrons. The third-order valence-corrected chi connectivity index (χ3v) is 6.02. The van der Waals surface area contributed by atoms with Gasteiger partial charge in [-0.1, -0.05) is 29.8 Å². The van der Waals surface area contributed by atoms with Crippen LogP contribution < -0.4 is 9.64 Å². The molecular weight excluding hydrogens is 471 g/mol. The van der Waals surface area contributed by atoms with Crippen molar-refractivity contribution >= 4 is 23.1 Å². The number of ether oxygens (including phenoxy) is 1. The smallest absolute Gasteiger partial charge is 0.416 e. The zero-order valence-electron chi connectivity index (χ0n) is 19.9. The summed E-state index contributed by atoms with van der Waals surface area (Å²) in [6, 6.07) is 15.0. The number of carbonyl (C=O) groups excluding carboxylic acids is 2. The van der Waals surface area contributed by atoms with E-state index in [2.05, 4.69) is 0 Å². The molecule has 186 valence electrons. The van der Waals surface area contributed by atoms with E-state index in [4.69, 9.17) is 4.74 Å². The van der Waals surface area contributed by atoms with Crippen molar-refractivity contribution in [2.45, 2.75) is 33.0 Å². The summed E-state index contributed by atoms with van der Waals surface area (Å²) in [5, 5.41) is 11.3. The molecular formula is C28H24F3NO4. The third kappa shape index (κ3) is 4.58. The molecule has 1 heterocycles. The van der Waals surface area contributed by atoms with Crippen molar-refractivity contribution in [3.05, 3.63) is 100 Å². The van der Waals surface area contributed by atoms with Crippen molar-refractivity contribution in [2.24, 2.45) is 0 Å². The SMILES string of the molecule is CCOc1ccc(/C(O)=C2/C(=O)C(=O)N(c3ccc(C(F)(F)F)cc3)C2c2cccc(C)c2)cc1C. The van der Waals surface area contributed by atoms with Gasteiger partial charge in [0.1, 0.15) is 11.5 Å². The van der Waals surface area contributed by atoms with E-state index in [1.807, 2.05) is 19.9 Å². The number of alkyl halides is 3. The van der Waals surface area contributed by atoms with Gasteiger partial charge in [-0.15, -0.1) is 0 Å². The van der Waals surface area contributed by atoms with Gasteiger partial charge in [-0.2, -0.15) is 13.2 Å². The fourth-order valence-corrected chi connectivity index (χ4v) is 4.34. The van der Waals surface area contributed by atoms with Crippen molar-refractivity contribution < 1.29 is 32.6 Å². The predicted octanol–water partition coefficient (Wildman–Crippen LogP) is 6.35. The van der Waals surface area contributed by atoms with Gasteiger partial charge in [-0.25, -0.2) is 0 Å². The topological polar surface area (TPSA) is 66.8 Å². The second-order valence-electron chi connectivity index (χ2n) is 8.54. The number of anilines is 1. The molecule has 1 amide bonds. The number of hydrogen-bond donors (Lipinski definition) is 1. The number of ketones is 1. The zero-order valence-corrected chi connectivity index (χ0v) is 19.9. The Labute approximate surface area is 206 Å². The van der Waals surface area contributed by atoms with E-state index in [1.54, 1.807) is 43.3 Å². The van der Waals surface area contributed by atoms with Gasteiger partial charge in [0, 0.05) is 11.3 Å². The summed E-state index contributed by atoms with van der Waals surface area (Å²) in [6.45, 7) is 5.93. The Morgan fingerprint density at radius 1 is 1.00 bits per heavy atom. The minimum absolute atomic E-state index is 0.110. The number of rotatable bonds is 5. The van der Waals surface area contributed by atoms with Crippen molar-refractivity contribution in [1.82, 2.24) is 0 Å². The molecule has 5 nitrogen and oxygen atoms in total. The highest BCUT2D eigenvalue weighted by atomic mass is 19.4. The molecule has 3 aromatic rings. The van der Waals surface area contributed by atoms with Crippen LogP contribution in [0.2, 0.25) is 0 Å². The Hall–Kier alpha value is -4.07. The van der Waals surface area contributed by atoms with Crippen LogP contribution in [0.3, 0.4) is 0 Å². The maximum absolute atomic E-state index is 13.2. The molecule has 36 heavy (non-hydrogen) atoms. The fourth-order valence-electron chi connectivity index (χ4n) is 4.34.